The van der Waals surface area contributed by atoms with E-state index in [1.807, 2.05) is 6.92 Å². The van der Waals surface area contributed by atoms with Gasteiger partial charge in [-0.05, 0) is 47.7 Å². The van der Waals surface area contributed by atoms with Crippen molar-refractivity contribution in [1.29, 1.82) is 0 Å². The van der Waals surface area contributed by atoms with Gasteiger partial charge < -0.3 is 4.98 Å². The number of hydrogen-bond donors (Lipinski definition) is 1. The molecule has 0 fully saturated rings. The zero-order chi connectivity index (χ0) is 7.84. The molecule has 1 aromatic heterocycles. The number of aromatic amines is 1. The van der Waals surface area contributed by atoms with Gasteiger partial charge in [-0.25, -0.2) is 4.98 Å². The first-order chi connectivity index (χ1) is 5.25. The van der Waals surface area contributed by atoms with Gasteiger partial charge in [-0.3, -0.25) is 0 Å². The van der Waals surface area contributed by atoms with E-state index in [-0.39, 0.29) is 0 Å². The molecule has 0 aliphatic carbocycles. The van der Waals surface area contributed by atoms with Crippen LogP contribution in [0.3, 0.4) is 0 Å². The number of nitrogens with zero attached hydrogens (tertiary/aromatic N) is 1. The van der Waals surface area contributed by atoms with Gasteiger partial charge in [0.15, 0.2) is 0 Å². The van der Waals surface area contributed by atoms with Gasteiger partial charge in [-0.1, -0.05) is 0 Å². The number of rotatable bonds is 0. The van der Waals surface area contributed by atoms with Crippen LogP contribution in [0.5, 0.6) is 0 Å². The standard InChI is InChI=1S/C8H7IN2/c1-5-10-7-3-2-6(9)4-8(7)11-5/h2-4H,1H3,(H,10,11). The molecule has 1 aromatic carbocycles. The molecule has 0 radical (unpaired) electrons. The summed E-state index contributed by atoms with van der Waals surface area (Å²) < 4.78 is 1.22. The summed E-state index contributed by atoms with van der Waals surface area (Å²) in [6, 6.07) is 6.19. The van der Waals surface area contributed by atoms with Crippen molar-refractivity contribution in [3.63, 3.8) is 0 Å². The monoisotopic (exact) mass is 258 g/mol. The number of imidazole rings is 1. The van der Waals surface area contributed by atoms with Crippen molar-refractivity contribution in [2.75, 3.05) is 0 Å². The van der Waals surface area contributed by atoms with Gasteiger partial charge in [0.05, 0.1) is 11.0 Å². The van der Waals surface area contributed by atoms with Gasteiger partial charge in [0.1, 0.15) is 5.82 Å². The van der Waals surface area contributed by atoms with E-state index in [1.165, 1.54) is 3.57 Å². The summed E-state index contributed by atoms with van der Waals surface area (Å²) in [6.45, 7) is 1.97. The van der Waals surface area contributed by atoms with E-state index in [1.54, 1.807) is 0 Å². The van der Waals surface area contributed by atoms with Crippen molar-refractivity contribution in [3.8, 4) is 0 Å². The number of halogens is 1. The second-order valence-electron chi connectivity index (χ2n) is 2.48. The average molecular weight is 258 g/mol. The van der Waals surface area contributed by atoms with Crippen LogP contribution in [-0.2, 0) is 0 Å². The average Bonchev–Trinajstić information content (AvgIpc) is 2.27. The molecule has 2 aromatic rings. The first-order valence-electron chi connectivity index (χ1n) is 3.37. The summed E-state index contributed by atoms with van der Waals surface area (Å²) in [5, 5.41) is 0. The first-order valence-corrected chi connectivity index (χ1v) is 4.45. The van der Waals surface area contributed by atoms with Crippen LogP contribution in [0.1, 0.15) is 5.82 Å². The molecule has 0 unspecified atom stereocenters. The molecule has 0 aliphatic heterocycles. The van der Waals surface area contributed by atoms with E-state index in [0.717, 1.165) is 16.9 Å². The van der Waals surface area contributed by atoms with Crippen LogP contribution < -0.4 is 0 Å². The topological polar surface area (TPSA) is 28.7 Å². The summed E-state index contributed by atoms with van der Waals surface area (Å²) in [5.41, 5.74) is 2.16. The number of aryl methyl sites for hydroxylation is 1. The summed E-state index contributed by atoms with van der Waals surface area (Å²) >= 11 is 2.28. The molecular weight excluding hydrogens is 251 g/mol. The van der Waals surface area contributed by atoms with Crippen LogP contribution in [0.2, 0.25) is 0 Å². The summed E-state index contributed by atoms with van der Waals surface area (Å²) in [5.74, 6) is 0.974. The fourth-order valence-electron chi connectivity index (χ4n) is 1.11. The normalized spacial score (nSPS) is 10.7. The Morgan fingerprint density at radius 3 is 3.09 bits per heavy atom. The van der Waals surface area contributed by atoms with Crippen LogP contribution in [-0.4, -0.2) is 9.97 Å². The number of hydrogen-bond acceptors (Lipinski definition) is 1. The second-order valence-corrected chi connectivity index (χ2v) is 3.73. The minimum atomic E-state index is 0.974. The fourth-order valence-corrected chi connectivity index (χ4v) is 1.58. The summed E-state index contributed by atoms with van der Waals surface area (Å²) in [6.07, 6.45) is 0. The van der Waals surface area contributed by atoms with Crippen LogP contribution in [0.25, 0.3) is 11.0 Å². The quantitative estimate of drug-likeness (QED) is 0.722. The van der Waals surface area contributed by atoms with Gasteiger partial charge in [0.25, 0.3) is 0 Å². The lowest BCUT2D eigenvalue weighted by Gasteiger charge is -1.87. The molecule has 3 heteroatoms. The van der Waals surface area contributed by atoms with Crippen molar-refractivity contribution in [1.82, 2.24) is 9.97 Å². The molecule has 11 heavy (non-hydrogen) atoms. The molecule has 2 nitrogen and oxygen atoms in total. The third kappa shape index (κ3) is 1.24. The molecule has 1 heterocycles. The maximum atomic E-state index is 4.31. The zero-order valence-electron chi connectivity index (χ0n) is 6.06. The lowest BCUT2D eigenvalue weighted by atomic mass is 10.3. The molecule has 0 atom stereocenters. The molecular formula is C8H7IN2. The maximum absolute atomic E-state index is 4.31. The third-order valence-corrected chi connectivity index (χ3v) is 2.23. The zero-order valence-corrected chi connectivity index (χ0v) is 8.21. The van der Waals surface area contributed by atoms with Gasteiger partial charge in [0, 0.05) is 3.57 Å². The van der Waals surface area contributed by atoms with Crippen LogP contribution in [0, 0.1) is 10.5 Å². The lowest BCUT2D eigenvalue weighted by Crippen LogP contribution is -1.70. The molecule has 0 saturated carbocycles. The van der Waals surface area contributed by atoms with Crippen molar-refractivity contribution >= 4 is 33.6 Å². The Morgan fingerprint density at radius 2 is 2.27 bits per heavy atom. The van der Waals surface area contributed by atoms with E-state index in [2.05, 4.69) is 50.8 Å². The Morgan fingerprint density at radius 1 is 1.45 bits per heavy atom. The van der Waals surface area contributed by atoms with Gasteiger partial charge in [-0.2, -0.15) is 0 Å². The lowest BCUT2D eigenvalue weighted by molar-refractivity contribution is 1.17. The summed E-state index contributed by atoms with van der Waals surface area (Å²) in [4.78, 5) is 7.48. The molecule has 0 aliphatic rings. The largest absolute Gasteiger partial charge is 0.342 e. The smallest absolute Gasteiger partial charge is 0.104 e. The summed E-state index contributed by atoms with van der Waals surface area (Å²) in [7, 11) is 0. The van der Waals surface area contributed by atoms with E-state index in [9.17, 15) is 0 Å². The Kier molecular flexibility index (Phi) is 1.60. The maximum Gasteiger partial charge on any atom is 0.104 e. The van der Waals surface area contributed by atoms with E-state index >= 15 is 0 Å². The van der Waals surface area contributed by atoms with Crippen molar-refractivity contribution < 1.29 is 0 Å². The Balaban J connectivity index is 2.82. The molecule has 0 amide bonds. The van der Waals surface area contributed by atoms with Gasteiger partial charge in [0.2, 0.25) is 0 Å². The number of nitrogens with one attached hydrogen (secondary N) is 1. The minimum Gasteiger partial charge on any atom is -0.342 e. The minimum absolute atomic E-state index is 0.974. The van der Waals surface area contributed by atoms with Crippen LogP contribution >= 0.6 is 22.6 Å². The third-order valence-electron chi connectivity index (χ3n) is 1.56. The van der Waals surface area contributed by atoms with E-state index in [0.29, 0.717) is 0 Å². The highest BCUT2D eigenvalue weighted by atomic mass is 127. The Labute approximate surface area is 78.2 Å². The Hall–Kier alpha value is -0.580. The highest BCUT2D eigenvalue weighted by Gasteiger charge is 1.97. The van der Waals surface area contributed by atoms with Crippen LogP contribution in [0.15, 0.2) is 18.2 Å². The second kappa shape index (κ2) is 2.48. The van der Waals surface area contributed by atoms with Gasteiger partial charge >= 0.3 is 0 Å². The number of aromatic nitrogens is 2. The van der Waals surface area contributed by atoms with E-state index in [4.69, 9.17) is 0 Å². The molecule has 1 N–H and O–H groups in total. The SMILES string of the molecule is Cc1nc2cc(I)ccc2[nH]1. The molecule has 0 saturated heterocycles. The van der Waals surface area contributed by atoms with Gasteiger partial charge in [-0.15, -0.1) is 0 Å². The molecule has 0 bridgehead atoms. The van der Waals surface area contributed by atoms with Crippen molar-refractivity contribution in [3.05, 3.63) is 27.6 Å². The number of H-pyrrole nitrogens is 1. The predicted octanol–water partition coefficient (Wildman–Crippen LogP) is 2.48. The number of benzene rings is 1. The Bertz CT molecular complexity index is 392. The highest BCUT2D eigenvalue weighted by Crippen LogP contribution is 2.14. The molecule has 0 spiro atoms. The van der Waals surface area contributed by atoms with E-state index < -0.39 is 0 Å². The molecule has 2 rings (SSSR count). The molecule has 56 valence electrons. The van der Waals surface area contributed by atoms with Crippen LogP contribution in [0.4, 0.5) is 0 Å². The first kappa shape index (κ1) is 7.09. The highest BCUT2D eigenvalue weighted by molar-refractivity contribution is 14.1. The number of fused-ring (bicyclic) bond motifs is 1. The van der Waals surface area contributed by atoms with Crippen molar-refractivity contribution in [2.24, 2.45) is 0 Å². The predicted molar refractivity (Wildman–Crippen MR) is 53.5 cm³/mol. The van der Waals surface area contributed by atoms with Crippen molar-refractivity contribution in [2.45, 2.75) is 6.92 Å². The fraction of sp³-hybridized carbons (Fsp3) is 0.125.